The van der Waals surface area contributed by atoms with Crippen LogP contribution >= 0.6 is 24.0 Å². The number of thioether (sulfide) groups is 1. The predicted octanol–water partition coefficient (Wildman–Crippen LogP) is 8.88. The molecule has 0 rings (SSSR count). The van der Waals surface area contributed by atoms with Crippen LogP contribution in [0, 0.1) is 0 Å². The van der Waals surface area contributed by atoms with Gasteiger partial charge in [-0.3, -0.25) is 0 Å². The highest BCUT2D eigenvalue weighted by Gasteiger charge is 1.95. The van der Waals surface area contributed by atoms with Gasteiger partial charge in [0.1, 0.15) is 0 Å². The third kappa shape index (κ3) is 20.2. The maximum atomic E-state index is 5.42. The van der Waals surface area contributed by atoms with E-state index in [0.29, 0.717) is 0 Å². The third-order valence-corrected chi connectivity index (χ3v) is 5.87. The van der Waals surface area contributed by atoms with Gasteiger partial charge in [-0.25, -0.2) is 0 Å². The van der Waals surface area contributed by atoms with Gasteiger partial charge in [-0.05, 0) is 31.1 Å². The molecule has 0 aliphatic carbocycles. The third-order valence-electron chi connectivity index (χ3n) is 4.47. The van der Waals surface area contributed by atoms with Gasteiger partial charge < -0.3 is 0 Å². The molecule has 0 nitrogen and oxygen atoms in total. The molecule has 0 fully saturated rings. The molecule has 0 heterocycles. The van der Waals surface area contributed by atoms with Crippen LogP contribution in [0.5, 0.6) is 0 Å². The average Bonchev–Trinajstić information content (AvgIpc) is 2.59. The van der Waals surface area contributed by atoms with E-state index in [0.717, 1.165) is 4.20 Å². The molecular weight excluding hydrogens is 328 g/mol. The molecular formula is C22H42S2. The van der Waals surface area contributed by atoms with E-state index >= 15 is 0 Å². The predicted molar refractivity (Wildman–Crippen MR) is 119 cm³/mol. The van der Waals surface area contributed by atoms with Crippen LogP contribution in [-0.4, -0.2) is 9.95 Å². The van der Waals surface area contributed by atoms with Crippen LogP contribution in [-0.2, 0) is 0 Å². The fraction of sp³-hybridized carbons (Fsp3) is 0.864. The van der Waals surface area contributed by atoms with Gasteiger partial charge in [0.15, 0.2) is 0 Å². The van der Waals surface area contributed by atoms with Crippen LogP contribution in [0.2, 0.25) is 0 Å². The van der Waals surface area contributed by atoms with E-state index in [1.165, 1.54) is 108 Å². The minimum absolute atomic E-state index is 1.08. The van der Waals surface area contributed by atoms with Crippen molar-refractivity contribution in [3.05, 3.63) is 12.2 Å². The number of allylic oxidation sites excluding steroid dienone is 1. The highest BCUT2D eigenvalue weighted by molar-refractivity contribution is 8.23. The van der Waals surface area contributed by atoms with Crippen molar-refractivity contribution in [1.82, 2.24) is 0 Å². The topological polar surface area (TPSA) is 0 Å². The molecule has 0 atom stereocenters. The molecule has 24 heavy (non-hydrogen) atoms. The molecule has 0 amide bonds. The van der Waals surface area contributed by atoms with E-state index < -0.39 is 0 Å². The zero-order valence-electron chi connectivity index (χ0n) is 16.5. The summed E-state index contributed by atoms with van der Waals surface area (Å²) in [5.74, 6) is 1.20. The summed E-state index contributed by atoms with van der Waals surface area (Å²) in [6, 6.07) is 0. The second kappa shape index (κ2) is 21.2. The summed E-state index contributed by atoms with van der Waals surface area (Å²) >= 11 is 7.29. The van der Waals surface area contributed by atoms with Crippen molar-refractivity contribution in [2.24, 2.45) is 0 Å². The Kier molecular flexibility index (Phi) is 21.4. The lowest BCUT2D eigenvalue weighted by Gasteiger charge is -2.02. The quantitative estimate of drug-likeness (QED) is 0.134. The first-order chi connectivity index (χ1) is 11.8. The van der Waals surface area contributed by atoms with E-state index in [4.69, 9.17) is 12.2 Å². The zero-order chi connectivity index (χ0) is 17.7. The first-order valence-electron chi connectivity index (χ1n) is 10.6. The summed E-state index contributed by atoms with van der Waals surface area (Å²) in [4.78, 5) is 0. The maximum absolute atomic E-state index is 5.42. The molecule has 0 aromatic carbocycles. The van der Waals surface area contributed by atoms with Crippen molar-refractivity contribution in [1.29, 1.82) is 0 Å². The summed E-state index contributed by atoms with van der Waals surface area (Å²) in [6.45, 7) is 4.55. The molecule has 0 spiro atoms. The Balaban J connectivity index is 3.22. The Morgan fingerprint density at radius 1 is 0.667 bits per heavy atom. The monoisotopic (exact) mass is 370 g/mol. The molecule has 0 N–H and O–H groups in total. The van der Waals surface area contributed by atoms with Crippen molar-refractivity contribution in [2.45, 2.75) is 117 Å². The molecule has 0 unspecified atom stereocenters. The van der Waals surface area contributed by atoms with Gasteiger partial charge in [0.05, 0.1) is 4.20 Å². The fourth-order valence-electron chi connectivity index (χ4n) is 2.86. The normalized spacial score (nSPS) is 11.4. The summed E-state index contributed by atoms with van der Waals surface area (Å²) < 4.78 is 1.08. The van der Waals surface area contributed by atoms with E-state index in [2.05, 4.69) is 26.0 Å². The van der Waals surface area contributed by atoms with Gasteiger partial charge in [-0.2, -0.15) is 0 Å². The molecule has 0 aromatic heterocycles. The Morgan fingerprint density at radius 3 is 1.67 bits per heavy atom. The zero-order valence-corrected chi connectivity index (χ0v) is 18.1. The van der Waals surface area contributed by atoms with E-state index in [9.17, 15) is 0 Å². The lowest BCUT2D eigenvalue weighted by Crippen LogP contribution is -1.87. The number of rotatable bonds is 18. The lowest BCUT2D eigenvalue weighted by molar-refractivity contribution is 0.563. The Morgan fingerprint density at radius 2 is 1.12 bits per heavy atom. The van der Waals surface area contributed by atoms with Crippen LogP contribution in [0.15, 0.2) is 12.2 Å². The molecule has 0 bridgehead atoms. The Hall–Kier alpha value is 0.180. The standard InChI is InChI=1S/C22H42S2/c1-3-5-7-9-11-12-13-15-17-19-21-24-22(23)20-18-16-14-10-8-6-4-2/h18,20H,3-17,19,21H2,1-2H3/b20-18+. The maximum Gasteiger partial charge on any atom is 0.0702 e. The van der Waals surface area contributed by atoms with Crippen molar-refractivity contribution in [3.63, 3.8) is 0 Å². The highest BCUT2D eigenvalue weighted by atomic mass is 32.2. The Labute approximate surface area is 162 Å². The molecule has 0 saturated carbocycles. The summed E-state index contributed by atoms with van der Waals surface area (Å²) in [6.07, 6.45) is 26.5. The van der Waals surface area contributed by atoms with Crippen molar-refractivity contribution < 1.29 is 0 Å². The molecule has 0 saturated heterocycles. The van der Waals surface area contributed by atoms with Crippen LogP contribution in [0.3, 0.4) is 0 Å². The van der Waals surface area contributed by atoms with Gasteiger partial charge >= 0.3 is 0 Å². The molecule has 0 aliphatic rings. The summed E-state index contributed by atoms with van der Waals surface area (Å²) in [7, 11) is 0. The number of unbranched alkanes of at least 4 members (excludes halogenated alkanes) is 14. The van der Waals surface area contributed by atoms with Crippen molar-refractivity contribution in [2.75, 3.05) is 5.75 Å². The van der Waals surface area contributed by atoms with Gasteiger partial charge in [0.25, 0.3) is 0 Å². The van der Waals surface area contributed by atoms with Crippen LogP contribution in [0.4, 0.5) is 0 Å². The van der Waals surface area contributed by atoms with Gasteiger partial charge in [-0.15, -0.1) is 11.8 Å². The van der Waals surface area contributed by atoms with Crippen molar-refractivity contribution >= 4 is 28.2 Å². The lowest BCUT2D eigenvalue weighted by atomic mass is 10.1. The van der Waals surface area contributed by atoms with E-state index in [-0.39, 0.29) is 0 Å². The second-order valence-corrected chi connectivity index (χ2v) is 8.79. The Bertz CT molecular complexity index is 284. The van der Waals surface area contributed by atoms with Crippen molar-refractivity contribution in [3.8, 4) is 0 Å². The number of hydrogen-bond donors (Lipinski definition) is 0. The number of thiocarbonyl (C=S) groups is 1. The van der Waals surface area contributed by atoms with Crippen LogP contribution in [0.1, 0.15) is 117 Å². The summed E-state index contributed by atoms with van der Waals surface area (Å²) in [5.41, 5.74) is 0. The first kappa shape index (κ1) is 24.2. The average molecular weight is 371 g/mol. The highest BCUT2D eigenvalue weighted by Crippen LogP contribution is 2.14. The first-order valence-corrected chi connectivity index (χ1v) is 12.0. The number of hydrogen-bond acceptors (Lipinski definition) is 2. The van der Waals surface area contributed by atoms with Gasteiger partial charge in [0.2, 0.25) is 0 Å². The second-order valence-electron chi connectivity index (χ2n) is 6.95. The molecule has 0 radical (unpaired) electrons. The van der Waals surface area contributed by atoms with Gasteiger partial charge in [-0.1, -0.05) is 116 Å². The van der Waals surface area contributed by atoms with E-state index in [1.54, 1.807) is 0 Å². The fourth-order valence-corrected chi connectivity index (χ4v) is 3.94. The van der Waals surface area contributed by atoms with Crippen LogP contribution < -0.4 is 0 Å². The minimum Gasteiger partial charge on any atom is -0.115 e. The molecule has 0 aliphatic heterocycles. The van der Waals surface area contributed by atoms with Crippen LogP contribution in [0.25, 0.3) is 0 Å². The summed E-state index contributed by atoms with van der Waals surface area (Å²) in [5, 5.41) is 0. The molecule has 142 valence electrons. The minimum atomic E-state index is 1.08. The molecule has 0 aromatic rings. The van der Waals surface area contributed by atoms with Gasteiger partial charge in [0, 0.05) is 0 Å². The largest absolute Gasteiger partial charge is 0.115 e. The molecule has 2 heteroatoms. The smallest absolute Gasteiger partial charge is 0.0702 e. The van der Waals surface area contributed by atoms with E-state index in [1.807, 2.05) is 11.8 Å². The SMILES string of the molecule is CCCCCCC/C=C/C(=S)SCCCCCCCCCCCC.